The highest BCUT2D eigenvalue weighted by Crippen LogP contribution is 2.82. The number of likely N-dealkylation sites (N-methyl/N-ethyl adjacent to an activating group) is 1. The van der Waals surface area contributed by atoms with Gasteiger partial charge in [0.15, 0.2) is 5.60 Å². The number of hydrogen-bond donors (Lipinski definition) is 0. The third-order valence-electron chi connectivity index (χ3n) is 13.1. The molecule has 7 bridgehead atoms. The maximum absolute atomic E-state index is 14.0. The van der Waals surface area contributed by atoms with Crippen molar-refractivity contribution in [3.05, 3.63) is 34.9 Å². The number of nitrogens with zero attached hydrogens (tertiary/aromatic N) is 1. The first-order chi connectivity index (χ1) is 19.8. The van der Waals surface area contributed by atoms with Crippen molar-refractivity contribution in [3.8, 4) is 0 Å². The minimum atomic E-state index is -0.876. The molecule has 0 amide bonds. The van der Waals surface area contributed by atoms with Crippen LogP contribution in [0.2, 0.25) is 5.02 Å². The fourth-order valence-electron chi connectivity index (χ4n) is 12.3. The van der Waals surface area contributed by atoms with Gasteiger partial charge < -0.3 is 28.4 Å². The van der Waals surface area contributed by atoms with Crippen LogP contribution in [-0.2, 0) is 28.4 Å². The second kappa shape index (κ2) is 8.90. The lowest BCUT2D eigenvalue weighted by Gasteiger charge is -2.69. The van der Waals surface area contributed by atoms with E-state index in [-0.39, 0.29) is 71.6 Å². The summed E-state index contributed by atoms with van der Waals surface area (Å²) in [6, 6.07) is 6.96. The molecule has 7 aliphatic rings. The molecule has 0 radical (unpaired) electrons. The zero-order valence-electron chi connectivity index (χ0n) is 24.6. The van der Waals surface area contributed by atoms with Crippen molar-refractivity contribution in [1.29, 1.82) is 0 Å². The third kappa shape index (κ3) is 2.92. The standard InChI is InChI=1S/C32H42ClNO7/c1-6-34-15-29(2)12-11-22(37-4)31-20-13-19-21(36-3)14-30(23(20)24(19)38-5)32(28(31)34,40-16-39-30)26(25(29)31)41-27(35)17-7-9-18(33)10-8-17/h7-10,19-26,28H,6,11-16H2,1-5H3/t19-,20-,21+,22+,23-,24+,25-,26+,28+,29+,30-,31+,32+/m1/s1. The highest BCUT2D eigenvalue weighted by atomic mass is 35.5. The Morgan fingerprint density at radius 1 is 1.12 bits per heavy atom. The Labute approximate surface area is 247 Å². The molecule has 3 spiro atoms. The Kier molecular flexibility index (Phi) is 5.93. The SMILES string of the molecule is CCN1C[C@]2(C)CC[C@H](OC)[C@@]34[C@@H]5C[C@H]6[C@H](OC)[C@@H]5[C@@]5(C[C@@H]6OC)OCO[C@@]5([C@@H](OC(=O)c5ccc(Cl)cc5)[C@H]23)[C@@H]14. The molecule has 2 heterocycles. The zero-order chi connectivity index (χ0) is 28.5. The maximum Gasteiger partial charge on any atom is 0.338 e. The summed E-state index contributed by atoms with van der Waals surface area (Å²) in [5.74, 6) is 0.355. The Morgan fingerprint density at radius 2 is 1.90 bits per heavy atom. The summed E-state index contributed by atoms with van der Waals surface area (Å²) in [5, 5.41) is 0.586. The second-order valence-corrected chi connectivity index (χ2v) is 14.4. The van der Waals surface area contributed by atoms with Crippen molar-refractivity contribution in [2.45, 2.75) is 81.2 Å². The lowest BCUT2D eigenvalue weighted by Crippen LogP contribution is -2.81. The minimum Gasteiger partial charge on any atom is -0.455 e. The van der Waals surface area contributed by atoms with Crippen LogP contribution in [0, 0.1) is 34.5 Å². The van der Waals surface area contributed by atoms with Gasteiger partial charge in [-0.2, -0.15) is 0 Å². The van der Waals surface area contributed by atoms with Gasteiger partial charge in [-0.15, -0.1) is 0 Å². The topological polar surface area (TPSA) is 75.7 Å². The van der Waals surface area contributed by atoms with Gasteiger partial charge >= 0.3 is 5.97 Å². The average Bonchev–Trinajstić information content (AvgIpc) is 3.56. The van der Waals surface area contributed by atoms with Crippen molar-refractivity contribution >= 4 is 17.6 Å². The lowest BCUT2D eigenvalue weighted by molar-refractivity contribution is -0.282. The Morgan fingerprint density at radius 3 is 2.59 bits per heavy atom. The van der Waals surface area contributed by atoms with E-state index in [0.29, 0.717) is 17.0 Å². The van der Waals surface area contributed by atoms with Crippen LogP contribution in [0.4, 0.5) is 0 Å². The minimum absolute atomic E-state index is 0.0121. The number of carbonyl (C=O) groups excluding carboxylic acids is 1. The van der Waals surface area contributed by atoms with Crippen LogP contribution in [0.25, 0.3) is 0 Å². The summed E-state index contributed by atoms with van der Waals surface area (Å²) in [4.78, 5) is 16.7. The van der Waals surface area contributed by atoms with Crippen LogP contribution in [0.5, 0.6) is 0 Å². The first kappa shape index (κ1) is 27.3. The van der Waals surface area contributed by atoms with Gasteiger partial charge in [-0.25, -0.2) is 4.79 Å². The first-order valence-corrected chi connectivity index (χ1v) is 15.7. The Balaban J connectivity index is 1.40. The predicted octanol–water partition coefficient (Wildman–Crippen LogP) is 4.18. The number of halogens is 1. The molecule has 5 saturated carbocycles. The van der Waals surface area contributed by atoms with Crippen LogP contribution >= 0.6 is 11.6 Å². The van der Waals surface area contributed by atoms with Gasteiger partial charge in [-0.3, -0.25) is 4.90 Å². The molecule has 0 N–H and O–H groups in total. The molecule has 1 aromatic carbocycles. The number of esters is 1. The molecular formula is C32H42ClNO7. The van der Waals surface area contributed by atoms with E-state index < -0.39 is 17.3 Å². The Bertz CT molecular complexity index is 1250. The van der Waals surface area contributed by atoms with Crippen molar-refractivity contribution in [2.24, 2.45) is 34.5 Å². The van der Waals surface area contributed by atoms with E-state index >= 15 is 0 Å². The molecule has 8 rings (SSSR count). The largest absolute Gasteiger partial charge is 0.455 e. The molecule has 2 saturated heterocycles. The molecule has 9 heteroatoms. The van der Waals surface area contributed by atoms with Gasteiger partial charge in [-0.05, 0) is 61.4 Å². The second-order valence-electron chi connectivity index (χ2n) is 14.0. The van der Waals surface area contributed by atoms with E-state index in [9.17, 15) is 4.79 Å². The molecule has 41 heavy (non-hydrogen) atoms. The summed E-state index contributed by atoms with van der Waals surface area (Å²) in [5.41, 5.74) is -1.45. The van der Waals surface area contributed by atoms with E-state index in [1.165, 1.54) is 0 Å². The smallest absolute Gasteiger partial charge is 0.338 e. The molecule has 5 aliphatic carbocycles. The number of methoxy groups -OCH3 is 3. The van der Waals surface area contributed by atoms with Gasteiger partial charge in [0.05, 0.1) is 29.9 Å². The molecular weight excluding hydrogens is 546 g/mol. The van der Waals surface area contributed by atoms with Crippen molar-refractivity contribution in [1.82, 2.24) is 4.90 Å². The number of fused-ring (bicyclic) bond motifs is 1. The third-order valence-corrected chi connectivity index (χ3v) is 13.4. The molecule has 7 fully saturated rings. The average molecular weight is 588 g/mol. The number of rotatable bonds is 6. The summed E-state index contributed by atoms with van der Waals surface area (Å²) in [6.07, 6.45) is 3.14. The van der Waals surface area contributed by atoms with Gasteiger partial charge in [-0.1, -0.05) is 25.4 Å². The van der Waals surface area contributed by atoms with Crippen LogP contribution in [0.3, 0.4) is 0 Å². The van der Waals surface area contributed by atoms with Crippen LogP contribution in [-0.4, -0.2) is 93.7 Å². The summed E-state index contributed by atoms with van der Waals surface area (Å²) >= 11 is 6.17. The summed E-state index contributed by atoms with van der Waals surface area (Å²) < 4.78 is 40.0. The molecule has 224 valence electrons. The van der Waals surface area contributed by atoms with Crippen LogP contribution < -0.4 is 0 Å². The molecule has 0 unspecified atom stereocenters. The molecule has 8 nitrogen and oxygen atoms in total. The quantitative estimate of drug-likeness (QED) is 0.459. The predicted molar refractivity (Wildman–Crippen MR) is 150 cm³/mol. The number of carbonyl (C=O) groups is 1. The maximum atomic E-state index is 14.0. The number of benzene rings is 1. The van der Waals surface area contributed by atoms with E-state index in [2.05, 4.69) is 18.7 Å². The number of ether oxygens (including phenoxy) is 6. The van der Waals surface area contributed by atoms with E-state index in [4.69, 9.17) is 40.0 Å². The summed E-state index contributed by atoms with van der Waals surface area (Å²) in [6.45, 7) is 6.66. The van der Waals surface area contributed by atoms with E-state index in [1.54, 1.807) is 31.4 Å². The highest BCUT2D eigenvalue weighted by Gasteiger charge is 2.94. The monoisotopic (exact) mass is 587 g/mol. The highest BCUT2D eigenvalue weighted by molar-refractivity contribution is 6.30. The van der Waals surface area contributed by atoms with Crippen LogP contribution in [0.15, 0.2) is 24.3 Å². The van der Waals surface area contributed by atoms with Crippen molar-refractivity contribution in [3.63, 3.8) is 0 Å². The van der Waals surface area contributed by atoms with Crippen molar-refractivity contribution < 1.29 is 33.2 Å². The van der Waals surface area contributed by atoms with Crippen molar-refractivity contribution in [2.75, 3.05) is 41.2 Å². The van der Waals surface area contributed by atoms with Gasteiger partial charge in [0.25, 0.3) is 0 Å². The molecule has 13 atom stereocenters. The Hall–Kier alpha value is -1.26. The molecule has 0 aromatic heterocycles. The summed E-state index contributed by atoms with van der Waals surface area (Å²) in [7, 11) is 5.51. The van der Waals surface area contributed by atoms with Gasteiger partial charge in [0.2, 0.25) is 0 Å². The van der Waals surface area contributed by atoms with E-state index in [1.807, 2.05) is 14.2 Å². The van der Waals surface area contributed by atoms with Gasteiger partial charge in [0, 0.05) is 62.5 Å². The normalized spacial score (nSPS) is 52.4. The van der Waals surface area contributed by atoms with Crippen LogP contribution in [0.1, 0.15) is 49.9 Å². The molecule has 1 aromatic rings. The number of piperidine rings is 1. The zero-order valence-corrected chi connectivity index (χ0v) is 25.4. The fraction of sp³-hybridized carbons (Fsp3) is 0.781. The fourth-order valence-corrected chi connectivity index (χ4v) is 12.5. The lowest BCUT2D eigenvalue weighted by atomic mass is 9.43. The number of hydrogen-bond acceptors (Lipinski definition) is 8. The first-order valence-electron chi connectivity index (χ1n) is 15.3. The molecule has 2 aliphatic heterocycles. The number of likely N-dealkylation sites (tertiary alicyclic amines) is 1. The van der Waals surface area contributed by atoms with E-state index in [0.717, 1.165) is 32.4 Å². The van der Waals surface area contributed by atoms with Gasteiger partial charge in [0.1, 0.15) is 18.5 Å².